The molecule has 3 aliphatic rings. The van der Waals surface area contributed by atoms with E-state index in [1.54, 1.807) is 31.2 Å². The van der Waals surface area contributed by atoms with E-state index in [1.807, 2.05) is 0 Å². The Kier molecular flexibility index (Phi) is 6.85. The third-order valence-corrected chi connectivity index (χ3v) is 9.29. The van der Waals surface area contributed by atoms with E-state index >= 15 is 4.39 Å². The Morgan fingerprint density at radius 3 is 2.37 bits per heavy atom. The van der Waals surface area contributed by atoms with Crippen LogP contribution in [0.25, 0.3) is 0 Å². The standard InChI is InChI=1S/C30H28Cl2FN3O5/c1-28(40,17-3-2-4-17)19-11-22-25(23(33)12-19)30(18-5-7-20(31)8-6-18,41-16-29(9-10-29)27(38)39)36(26(22)37)15-24-34-13-21(32)14-35-24/h5-8,11-14,17,40H,2-4,9-10,15-16H2,1H3,(H,38,39)/t28?,30-/m1/s1. The average Bonchev–Trinajstić information content (AvgIpc) is 3.66. The van der Waals surface area contributed by atoms with Crippen LogP contribution in [0.4, 0.5) is 4.39 Å². The Bertz CT molecular complexity index is 1520. The molecule has 2 aromatic carbocycles. The molecule has 1 amide bonds. The second-order valence-electron chi connectivity index (χ2n) is 11.4. The van der Waals surface area contributed by atoms with Crippen molar-refractivity contribution in [2.75, 3.05) is 6.61 Å². The molecule has 2 atom stereocenters. The number of amides is 1. The van der Waals surface area contributed by atoms with Crippen molar-refractivity contribution in [3.8, 4) is 0 Å². The minimum atomic E-state index is -1.87. The quantitative estimate of drug-likeness (QED) is 0.326. The summed E-state index contributed by atoms with van der Waals surface area (Å²) in [6.07, 6.45) is 6.14. The van der Waals surface area contributed by atoms with Gasteiger partial charge in [0, 0.05) is 23.0 Å². The minimum Gasteiger partial charge on any atom is -0.481 e. The topological polar surface area (TPSA) is 113 Å². The molecule has 1 aromatic heterocycles. The minimum absolute atomic E-state index is 0.0173. The van der Waals surface area contributed by atoms with Gasteiger partial charge in [-0.25, -0.2) is 14.4 Å². The van der Waals surface area contributed by atoms with Crippen LogP contribution in [0.5, 0.6) is 0 Å². The molecule has 2 fully saturated rings. The zero-order valence-corrected chi connectivity index (χ0v) is 23.8. The number of aliphatic hydroxyl groups is 1. The third kappa shape index (κ3) is 4.59. The number of carbonyl (C=O) groups is 2. The van der Waals surface area contributed by atoms with Gasteiger partial charge in [0.25, 0.3) is 5.91 Å². The van der Waals surface area contributed by atoms with E-state index in [9.17, 15) is 19.8 Å². The van der Waals surface area contributed by atoms with Gasteiger partial charge in [0.2, 0.25) is 0 Å². The van der Waals surface area contributed by atoms with E-state index in [1.165, 1.54) is 29.4 Å². The number of ether oxygens (including phenoxy) is 1. The van der Waals surface area contributed by atoms with Crippen LogP contribution in [0.15, 0.2) is 48.8 Å². The largest absolute Gasteiger partial charge is 0.481 e. The molecule has 1 unspecified atom stereocenters. The van der Waals surface area contributed by atoms with Gasteiger partial charge in [-0.3, -0.25) is 14.5 Å². The first kappa shape index (κ1) is 28.0. The second-order valence-corrected chi connectivity index (χ2v) is 12.3. The molecule has 214 valence electrons. The Morgan fingerprint density at radius 2 is 1.80 bits per heavy atom. The number of hydrogen-bond donors (Lipinski definition) is 2. The summed E-state index contributed by atoms with van der Waals surface area (Å²) in [4.78, 5) is 36.1. The first-order valence-electron chi connectivity index (χ1n) is 13.5. The fraction of sp³-hybridized carbons (Fsp3) is 0.400. The monoisotopic (exact) mass is 599 g/mol. The smallest absolute Gasteiger partial charge is 0.311 e. The molecule has 41 heavy (non-hydrogen) atoms. The first-order valence-corrected chi connectivity index (χ1v) is 14.2. The molecular weight excluding hydrogens is 572 g/mol. The Morgan fingerprint density at radius 1 is 1.15 bits per heavy atom. The Balaban J connectivity index is 1.55. The number of nitrogens with zero attached hydrogens (tertiary/aromatic N) is 3. The molecule has 0 spiro atoms. The summed E-state index contributed by atoms with van der Waals surface area (Å²) >= 11 is 12.2. The highest BCUT2D eigenvalue weighted by atomic mass is 35.5. The number of aliphatic carboxylic acids is 1. The fourth-order valence-corrected chi connectivity index (χ4v) is 6.03. The van der Waals surface area contributed by atoms with E-state index in [4.69, 9.17) is 27.9 Å². The summed E-state index contributed by atoms with van der Waals surface area (Å²) in [5.74, 6) is -2.18. The molecule has 6 rings (SSSR count). The SMILES string of the molecule is CC(O)(c1cc(F)c2c(c1)C(=O)N(Cc1ncc(Cl)cn1)[C@@]2(OCC1(C(=O)O)CC1)c1ccc(Cl)cc1)C1CCC1. The summed E-state index contributed by atoms with van der Waals surface area (Å²) in [6, 6.07) is 9.22. The molecule has 8 nitrogen and oxygen atoms in total. The van der Waals surface area contributed by atoms with Crippen LogP contribution in [0.1, 0.15) is 71.9 Å². The van der Waals surface area contributed by atoms with Crippen molar-refractivity contribution in [1.82, 2.24) is 14.9 Å². The predicted molar refractivity (Wildman–Crippen MR) is 148 cm³/mol. The van der Waals surface area contributed by atoms with Gasteiger partial charge >= 0.3 is 5.97 Å². The maximum Gasteiger partial charge on any atom is 0.311 e. The van der Waals surface area contributed by atoms with Crippen LogP contribution in [0, 0.1) is 17.2 Å². The van der Waals surface area contributed by atoms with Crippen molar-refractivity contribution < 1.29 is 28.9 Å². The molecule has 2 saturated carbocycles. The molecule has 2 N–H and O–H groups in total. The lowest BCUT2D eigenvalue weighted by Crippen LogP contribution is -2.48. The van der Waals surface area contributed by atoms with Gasteiger partial charge in [-0.05, 0) is 68.4 Å². The number of hydrogen-bond acceptors (Lipinski definition) is 6. The first-order chi connectivity index (χ1) is 19.5. The summed E-state index contributed by atoms with van der Waals surface area (Å²) in [5, 5.41) is 22.0. The number of benzene rings is 2. The lowest BCUT2D eigenvalue weighted by Gasteiger charge is -2.40. The van der Waals surface area contributed by atoms with Crippen LogP contribution >= 0.6 is 23.2 Å². The molecular formula is C30H28Cl2FN3O5. The Hall–Kier alpha value is -3.11. The zero-order chi connectivity index (χ0) is 29.2. The summed E-state index contributed by atoms with van der Waals surface area (Å²) in [7, 11) is 0. The zero-order valence-electron chi connectivity index (χ0n) is 22.2. The summed E-state index contributed by atoms with van der Waals surface area (Å²) < 4.78 is 23.0. The van der Waals surface area contributed by atoms with Crippen molar-refractivity contribution in [3.63, 3.8) is 0 Å². The number of rotatable bonds is 9. The fourth-order valence-electron chi connectivity index (χ4n) is 5.81. The number of aromatic nitrogens is 2. The number of fused-ring (bicyclic) bond motifs is 1. The highest BCUT2D eigenvalue weighted by Gasteiger charge is 2.58. The summed E-state index contributed by atoms with van der Waals surface area (Å²) in [6.45, 7) is 1.18. The normalized spacial score (nSPS) is 22.7. The van der Waals surface area contributed by atoms with E-state index in [0.29, 0.717) is 34.0 Å². The number of carbonyl (C=O) groups excluding carboxylic acids is 1. The molecule has 11 heteroatoms. The third-order valence-electron chi connectivity index (χ3n) is 8.84. The van der Waals surface area contributed by atoms with Crippen LogP contribution in [0.3, 0.4) is 0 Å². The number of halogens is 3. The maximum absolute atomic E-state index is 16.5. The van der Waals surface area contributed by atoms with Crippen molar-refractivity contribution in [2.24, 2.45) is 11.3 Å². The molecule has 2 aliphatic carbocycles. The Labute approximate surface area is 246 Å². The lowest BCUT2D eigenvalue weighted by atomic mass is 9.70. The second kappa shape index (κ2) is 10.0. The lowest BCUT2D eigenvalue weighted by molar-refractivity contribution is -0.157. The number of carboxylic acids is 1. The molecule has 3 aromatic rings. The van der Waals surface area contributed by atoms with Crippen LogP contribution in [0.2, 0.25) is 10.0 Å². The van der Waals surface area contributed by atoms with Crippen LogP contribution in [-0.4, -0.2) is 43.6 Å². The van der Waals surface area contributed by atoms with Crippen molar-refractivity contribution in [1.29, 1.82) is 0 Å². The number of carboxylic acid groups (broad SMARTS) is 1. The van der Waals surface area contributed by atoms with Gasteiger partial charge in [0.05, 0.1) is 40.3 Å². The molecule has 0 radical (unpaired) electrons. The highest BCUT2D eigenvalue weighted by molar-refractivity contribution is 6.30. The van der Waals surface area contributed by atoms with Crippen LogP contribution < -0.4 is 0 Å². The molecule has 2 heterocycles. The highest BCUT2D eigenvalue weighted by Crippen LogP contribution is 2.53. The van der Waals surface area contributed by atoms with Gasteiger partial charge < -0.3 is 14.9 Å². The van der Waals surface area contributed by atoms with Crippen molar-refractivity contribution in [2.45, 2.75) is 56.9 Å². The van der Waals surface area contributed by atoms with Gasteiger partial charge in [-0.15, -0.1) is 0 Å². The predicted octanol–water partition coefficient (Wildman–Crippen LogP) is 5.67. The summed E-state index contributed by atoms with van der Waals surface area (Å²) in [5.41, 5.74) is -3.72. The van der Waals surface area contributed by atoms with Crippen molar-refractivity contribution in [3.05, 3.63) is 92.7 Å². The van der Waals surface area contributed by atoms with E-state index in [2.05, 4.69) is 9.97 Å². The van der Waals surface area contributed by atoms with E-state index in [0.717, 1.165) is 19.3 Å². The van der Waals surface area contributed by atoms with Gasteiger partial charge in [-0.2, -0.15) is 0 Å². The molecule has 0 saturated heterocycles. The van der Waals surface area contributed by atoms with Gasteiger partial charge in [-0.1, -0.05) is 41.8 Å². The van der Waals surface area contributed by atoms with Gasteiger partial charge in [0.1, 0.15) is 11.6 Å². The van der Waals surface area contributed by atoms with Crippen LogP contribution in [-0.2, 0) is 27.4 Å². The molecule has 1 aliphatic heterocycles. The molecule has 0 bridgehead atoms. The average molecular weight is 600 g/mol. The van der Waals surface area contributed by atoms with Gasteiger partial charge in [0.15, 0.2) is 5.72 Å². The maximum atomic E-state index is 16.5. The van der Waals surface area contributed by atoms with E-state index in [-0.39, 0.29) is 36.0 Å². The van der Waals surface area contributed by atoms with Crippen molar-refractivity contribution >= 4 is 35.1 Å². The van der Waals surface area contributed by atoms with E-state index < -0.39 is 34.4 Å².